The zero-order valence-corrected chi connectivity index (χ0v) is 11.3. The van der Waals surface area contributed by atoms with Gasteiger partial charge in [-0.1, -0.05) is 13.8 Å². The van der Waals surface area contributed by atoms with Crippen molar-refractivity contribution in [3.8, 4) is 6.07 Å². The molecule has 0 fully saturated rings. The summed E-state index contributed by atoms with van der Waals surface area (Å²) < 4.78 is 38.0. The summed E-state index contributed by atoms with van der Waals surface area (Å²) in [7, 11) is 0. The van der Waals surface area contributed by atoms with E-state index in [2.05, 4.69) is 5.32 Å². The van der Waals surface area contributed by atoms with Gasteiger partial charge in [-0.25, -0.2) is 0 Å². The van der Waals surface area contributed by atoms with Gasteiger partial charge < -0.3 is 10.4 Å². The maximum absolute atomic E-state index is 12.7. The highest BCUT2D eigenvalue weighted by Crippen LogP contribution is 2.33. The van der Waals surface area contributed by atoms with Gasteiger partial charge in [-0.05, 0) is 30.5 Å². The standard InChI is InChI=1S/C14H17F3N2O/c1-9(2)5-12(8-20)19-11-3-4-13(14(15,16)17)10(6-11)7-18/h3-4,6,9,12,19-20H,5,8H2,1-2H3. The van der Waals surface area contributed by atoms with Crippen molar-refractivity contribution < 1.29 is 18.3 Å². The van der Waals surface area contributed by atoms with Gasteiger partial charge in [0.2, 0.25) is 0 Å². The van der Waals surface area contributed by atoms with Crippen molar-refractivity contribution >= 4 is 5.69 Å². The summed E-state index contributed by atoms with van der Waals surface area (Å²) in [5.74, 6) is 0.338. The van der Waals surface area contributed by atoms with Crippen molar-refractivity contribution in [1.82, 2.24) is 0 Å². The number of aliphatic hydroxyl groups excluding tert-OH is 1. The highest BCUT2D eigenvalue weighted by molar-refractivity contribution is 5.54. The summed E-state index contributed by atoms with van der Waals surface area (Å²) in [6, 6.07) is 4.61. The summed E-state index contributed by atoms with van der Waals surface area (Å²) in [5, 5.41) is 21.0. The molecule has 0 aromatic heterocycles. The van der Waals surface area contributed by atoms with E-state index in [0.717, 1.165) is 12.1 Å². The highest BCUT2D eigenvalue weighted by atomic mass is 19.4. The van der Waals surface area contributed by atoms with E-state index in [1.165, 1.54) is 6.07 Å². The van der Waals surface area contributed by atoms with Crippen molar-refractivity contribution in [3.63, 3.8) is 0 Å². The van der Waals surface area contributed by atoms with Gasteiger partial charge in [-0.2, -0.15) is 18.4 Å². The van der Waals surface area contributed by atoms with Crippen LogP contribution in [0.25, 0.3) is 0 Å². The summed E-state index contributed by atoms with van der Waals surface area (Å²) in [6.45, 7) is 3.84. The molecular weight excluding hydrogens is 269 g/mol. The van der Waals surface area contributed by atoms with Crippen LogP contribution in [0.1, 0.15) is 31.4 Å². The van der Waals surface area contributed by atoms with E-state index < -0.39 is 17.3 Å². The zero-order valence-electron chi connectivity index (χ0n) is 11.3. The lowest BCUT2D eigenvalue weighted by Gasteiger charge is -2.20. The Labute approximate surface area is 116 Å². The number of nitrogens with zero attached hydrogens (tertiary/aromatic N) is 1. The molecule has 0 radical (unpaired) electrons. The highest BCUT2D eigenvalue weighted by Gasteiger charge is 2.33. The third kappa shape index (κ3) is 4.42. The number of aliphatic hydroxyl groups is 1. The first kappa shape index (κ1) is 16.3. The maximum atomic E-state index is 12.7. The Hall–Kier alpha value is -1.74. The van der Waals surface area contributed by atoms with E-state index in [1.807, 2.05) is 13.8 Å². The number of hydrogen-bond acceptors (Lipinski definition) is 3. The molecule has 6 heteroatoms. The molecule has 1 aromatic carbocycles. The third-order valence-electron chi connectivity index (χ3n) is 2.79. The van der Waals surface area contributed by atoms with Gasteiger partial charge in [0, 0.05) is 11.7 Å². The van der Waals surface area contributed by atoms with Crippen LogP contribution >= 0.6 is 0 Å². The van der Waals surface area contributed by atoms with Crippen LogP contribution in [-0.2, 0) is 6.18 Å². The molecule has 1 rings (SSSR count). The molecule has 1 atom stereocenters. The van der Waals surface area contributed by atoms with Crippen molar-refractivity contribution in [2.75, 3.05) is 11.9 Å². The monoisotopic (exact) mass is 286 g/mol. The predicted molar refractivity (Wildman–Crippen MR) is 70.1 cm³/mol. The lowest BCUT2D eigenvalue weighted by atomic mass is 10.0. The fraction of sp³-hybridized carbons (Fsp3) is 0.500. The molecule has 0 aliphatic carbocycles. The van der Waals surface area contributed by atoms with Gasteiger partial charge in [0.15, 0.2) is 0 Å². The molecule has 0 aliphatic heterocycles. The topological polar surface area (TPSA) is 56.0 Å². The minimum Gasteiger partial charge on any atom is -0.394 e. The van der Waals surface area contributed by atoms with Gasteiger partial charge >= 0.3 is 6.18 Å². The Balaban J connectivity index is 2.96. The first-order valence-electron chi connectivity index (χ1n) is 6.26. The van der Waals surface area contributed by atoms with Gasteiger partial charge in [0.05, 0.1) is 23.8 Å². The van der Waals surface area contributed by atoms with Gasteiger partial charge in [-0.15, -0.1) is 0 Å². The maximum Gasteiger partial charge on any atom is 0.417 e. The third-order valence-corrected chi connectivity index (χ3v) is 2.79. The number of nitrogens with one attached hydrogen (secondary N) is 1. The summed E-state index contributed by atoms with van der Waals surface area (Å²) in [6.07, 6.45) is -3.86. The molecule has 20 heavy (non-hydrogen) atoms. The number of anilines is 1. The van der Waals surface area contributed by atoms with E-state index in [-0.39, 0.29) is 12.6 Å². The number of benzene rings is 1. The van der Waals surface area contributed by atoms with Crippen LogP contribution in [0.5, 0.6) is 0 Å². The fourth-order valence-electron chi connectivity index (χ4n) is 1.96. The first-order valence-corrected chi connectivity index (χ1v) is 6.26. The van der Waals surface area contributed by atoms with Crippen molar-refractivity contribution in [2.24, 2.45) is 5.92 Å². The molecule has 0 aliphatic rings. The average Bonchev–Trinajstić information content (AvgIpc) is 2.35. The molecule has 0 amide bonds. The lowest BCUT2D eigenvalue weighted by molar-refractivity contribution is -0.137. The van der Waals surface area contributed by atoms with E-state index in [4.69, 9.17) is 5.26 Å². The molecule has 0 heterocycles. The number of rotatable bonds is 5. The SMILES string of the molecule is CC(C)CC(CO)Nc1ccc(C(F)(F)F)c(C#N)c1. The van der Waals surface area contributed by atoms with Gasteiger partial charge in [-0.3, -0.25) is 0 Å². The quantitative estimate of drug-likeness (QED) is 0.872. The Morgan fingerprint density at radius 3 is 2.45 bits per heavy atom. The van der Waals surface area contributed by atoms with E-state index in [0.29, 0.717) is 18.0 Å². The molecule has 0 saturated heterocycles. The number of hydrogen-bond donors (Lipinski definition) is 2. The summed E-state index contributed by atoms with van der Waals surface area (Å²) >= 11 is 0. The molecule has 1 unspecified atom stereocenters. The molecule has 110 valence electrons. The van der Waals surface area contributed by atoms with Crippen LogP contribution in [0, 0.1) is 17.2 Å². The van der Waals surface area contributed by atoms with Crippen molar-refractivity contribution in [3.05, 3.63) is 29.3 Å². The molecule has 1 aromatic rings. The fourth-order valence-corrected chi connectivity index (χ4v) is 1.96. The number of halogens is 3. The van der Waals surface area contributed by atoms with Crippen molar-refractivity contribution in [1.29, 1.82) is 5.26 Å². The summed E-state index contributed by atoms with van der Waals surface area (Å²) in [5.41, 5.74) is -0.979. The number of alkyl halides is 3. The molecule has 0 spiro atoms. The van der Waals surface area contributed by atoms with E-state index in [9.17, 15) is 18.3 Å². The van der Waals surface area contributed by atoms with Crippen LogP contribution in [0.3, 0.4) is 0 Å². The van der Waals surface area contributed by atoms with Crippen LogP contribution in [-0.4, -0.2) is 17.8 Å². The number of nitriles is 1. The van der Waals surface area contributed by atoms with Crippen molar-refractivity contribution in [2.45, 2.75) is 32.5 Å². The molecule has 2 N–H and O–H groups in total. The Bertz CT molecular complexity index is 492. The normalized spacial score (nSPS) is 13.1. The largest absolute Gasteiger partial charge is 0.417 e. The van der Waals surface area contributed by atoms with E-state index >= 15 is 0 Å². The summed E-state index contributed by atoms with van der Waals surface area (Å²) in [4.78, 5) is 0. The predicted octanol–water partition coefficient (Wildman–Crippen LogP) is 3.40. The Kier molecular flexibility index (Phi) is 5.40. The second kappa shape index (κ2) is 6.62. The Morgan fingerprint density at radius 2 is 2.00 bits per heavy atom. The van der Waals surface area contributed by atoms with Gasteiger partial charge in [0.25, 0.3) is 0 Å². The van der Waals surface area contributed by atoms with Crippen LogP contribution in [0.15, 0.2) is 18.2 Å². The minimum absolute atomic E-state index is 0.124. The van der Waals surface area contributed by atoms with Crippen LogP contribution in [0.2, 0.25) is 0 Å². The minimum atomic E-state index is -4.54. The van der Waals surface area contributed by atoms with Crippen LogP contribution < -0.4 is 5.32 Å². The van der Waals surface area contributed by atoms with Crippen LogP contribution in [0.4, 0.5) is 18.9 Å². The van der Waals surface area contributed by atoms with E-state index in [1.54, 1.807) is 6.07 Å². The second-order valence-electron chi connectivity index (χ2n) is 5.02. The first-order chi connectivity index (χ1) is 9.27. The Morgan fingerprint density at radius 1 is 1.35 bits per heavy atom. The molecular formula is C14H17F3N2O. The molecule has 0 saturated carbocycles. The lowest BCUT2D eigenvalue weighted by Crippen LogP contribution is -2.25. The molecule has 3 nitrogen and oxygen atoms in total. The smallest absolute Gasteiger partial charge is 0.394 e. The molecule has 0 bridgehead atoms. The van der Waals surface area contributed by atoms with Gasteiger partial charge in [0.1, 0.15) is 0 Å². The average molecular weight is 286 g/mol. The zero-order chi connectivity index (χ0) is 15.3. The second-order valence-corrected chi connectivity index (χ2v) is 5.02.